The number of fused-ring (bicyclic) bond motifs is 19. The highest BCUT2D eigenvalue weighted by Crippen LogP contribution is 2.52. The van der Waals surface area contributed by atoms with Crippen LogP contribution in [-0.4, -0.2) is 31.8 Å². The van der Waals surface area contributed by atoms with Gasteiger partial charge in [-0.25, -0.2) is 0 Å². The maximum atomic E-state index is 2.82. The Labute approximate surface area is 511 Å². The highest BCUT2D eigenvalue weighted by Gasteiger charge is 2.46. The summed E-state index contributed by atoms with van der Waals surface area (Å²) in [6.45, 7) is 17.7. The predicted molar refractivity (Wildman–Crippen MR) is 375 cm³/mol. The van der Waals surface area contributed by atoms with E-state index in [9.17, 15) is 0 Å². The van der Waals surface area contributed by atoms with E-state index in [4.69, 9.17) is 0 Å². The van der Waals surface area contributed by atoms with Crippen LogP contribution in [0.3, 0.4) is 0 Å². The average molecular weight is 1120 g/mol. The van der Waals surface area contributed by atoms with Gasteiger partial charge in [-0.05, 0) is 192 Å². The number of aryl methyl sites for hydroxylation is 8. The number of nitrogens with zero attached hydrogens (tertiary/aromatic N) is 4. The topological polar surface area (TPSA) is 19.7 Å². The normalized spacial score (nSPS) is 13.2. The minimum Gasteiger partial charge on any atom is -0.374 e. The van der Waals surface area contributed by atoms with Crippen LogP contribution in [0.5, 0.6) is 0 Å². The van der Waals surface area contributed by atoms with E-state index < -0.39 is 0 Å². The maximum Gasteiger partial charge on any atom is 0.333 e. The Balaban J connectivity index is 0.895. The van der Waals surface area contributed by atoms with Gasteiger partial charge in [0, 0.05) is 65.9 Å². The Morgan fingerprint density at radius 3 is 1.01 bits per heavy atom. The van der Waals surface area contributed by atoms with E-state index in [0.29, 0.717) is 0 Å². The predicted octanol–water partition coefficient (Wildman–Crippen LogP) is 18.0. The van der Waals surface area contributed by atoms with Crippen molar-refractivity contribution < 1.29 is 0 Å². The summed E-state index contributed by atoms with van der Waals surface area (Å²) in [6.07, 6.45) is 0. The molecular formula is C82H58B2N4. The first-order valence-corrected chi connectivity index (χ1v) is 31.4. The van der Waals surface area contributed by atoms with E-state index in [0.717, 1.165) is 0 Å². The van der Waals surface area contributed by atoms with Crippen molar-refractivity contribution in [1.82, 2.24) is 18.1 Å². The fourth-order valence-electron chi connectivity index (χ4n) is 17.9. The van der Waals surface area contributed by atoms with E-state index in [1.807, 2.05) is 0 Å². The van der Waals surface area contributed by atoms with Crippen molar-refractivity contribution >= 4 is 112 Å². The molecular weight excluding hydrogens is 1060 g/mol. The van der Waals surface area contributed by atoms with Gasteiger partial charge in [0.05, 0.1) is 33.1 Å². The monoisotopic (exact) mass is 1120 g/mol. The first-order valence-electron chi connectivity index (χ1n) is 31.4. The van der Waals surface area contributed by atoms with Crippen molar-refractivity contribution in [3.63, 3.8) is 0 Å². The van der Waals surface area contributed by atoms with Crippen LogP contribution in [-0.2, 0) is 0 Å². The van der Waals surface area contributed by atoms with Gasteiger partial charge in [0.2, 0.25) is 0 Å². The Morgan fingerprint density at radius 2 is 0.614 bits per heavy atom. The first kappa shape index (κ1) is 48.9. The van der Waals surface area contributed by atoms with Gasteiger partial charge in [0.25, 0.3) is 0 Å². The molecule has 20 rings (SSSR count). The van der Waals surface area contributed by atoms with Crippen molar-refractivity contribution in [2.45, 2.75) is 55.4 Å². The molecule has 0 saturated heterocycles. The molecule has 412 valence electrons. The molecule has 6 heteroatoms. The third-order valence-electron chi connectivity index (χ3n) is 21.2. The zero-order valence-electron chi connectivity index (χ0n) is 50.6. The van der Waals surface area contributed by atoms with Gasteiger partial charge >= 0.3 is 13.7 Å². The quantitative estimate of drug-likeness (QED) is 0.157. The molecule has 16 aromatic rings. The van der Waals surface area contributed by atoms with Gasteiger partial charge in [-0.1, -0.05) is 192 Å². The number of aromatic nitrogens is 4. The van der Waals surface area contributed by atoms with Crippen LogP contribution < -0.4 is 21.9 Å². The van der Waals surface area contributed by atoms with Crippen LogP contribution in [0, 0.1) is 55.4 Å². The van der Waals surface area contributed by atoms with Gasteiger partial charge in [-0.15, -0.1) is 0 Å². The lowest BCUT2D eigenvalue weighted by atomic mass is 9.45. The highest BCUT2D eigenvalue weighted by atomic mass is 15.1. The molecule has 0 saturated carbocycles. The lowest BCUT2D eigenvalue weighted by Crippen LogP contribution is -2.55. The fraction of sp³-hybridized carbons (Fsp3) is 0.0976. The number of benzene rings is 12. The molecule has 0 aliphatic carbocycles. The Kier molecular flexibility index (Phi) is 9.34. The van der Waals surface area contributed by atoms with Gasteiger partial charge in [-0.2, -0.15) is 0 Å². The van der Waals surface area contributed by atoms with E-state index >= 15 is 0 Å². The summed E-state index contributed by atoms with van der Waals surface area (Å²) in [7, 11) is 0. The Bertz CT molecular complexity index is 5630. The van der Waals surface area contributed by atoms with Crippen molar-refractivity contribution in [3.8, 4) is 78.1 Å². The summed E-state index contributed by atoms with van der Waals surface area (Å²) >= 11 is 0. The van der Waals surface area contributed by atoms with E-state index in [1.54, 1.807) is 0 Å². The van der Waals surface area contributed by atoms with Crippen LogP contribution >= 0.6 is 0 Å². The van der Waals surface area contributed by atoms with Crippen LogP contribution in [0.4, 0.5) is 0 Å². The van der Waals surface area contributed by atoms with Crippen molar-refractivity contribution in [2.24, 2.45) is 0 Å². The van der Waals surface area contributed by atoms with E-state index in [-0.39, 0.29) is 13.7 Å². The summed E-state index contributed by atoms with van der Waals surface area (Å²) < 4.78 is 11.0. The van der Waals surface area contributed by atoms with Crippen molar-refractivity contribution in [1.29, 1.82) is 0 Å². The summed E-state index contributed by atoms with van der Waals surface area (Å²) in [4.78, 5) is 0. The first-order chi connectivity index (χ1) is 43.0. The Morgan fingerprint density at radius 1 is 0.261 bits per heavy atom. The molecule has 0 radical (unpaired) electrons. The maximum absolute atomic E-state index is 2.82. The van der Waals surface area contributed by atoms with Crippen LogP contribution in [0.25, 0.3) is 155 Å². The fourth-order valence-corrected chi connectivity index (χ4v) is 17.9. The molecule has 8 heterocycles. The van der Waals surface area contributed by atoms with Gasteiger partial charge in [0.15, 0.2) is 0 Å². The molecule has 12 aromatic carbocycles. The summed E-state index contributed by atoms with van der Waals surface area (Å²) in [5, 5.41) is 7.80. The van der Waals surface area contributed by atoms with E-state index in [1.165, 1.54) is 221 Å². The van der Waals surface area contributed by atoms with Gasteiger partial charge in [-0.3, -0.25) is 0 Å². The summed E-state index contributed by atoms with van der Waals surface area (Å²) in [6, 6.07) is 80.9. The lowest BCUT2D eigenvalue weighted by Gasteiger charge is -2.34. The van der Waals surface area contributed by atoms with Crippen molar-refractivity contribution in [2.75, 3.05) is 0 Å². The molecule has 88 heavy (non-hydrogen) atoms. The number of hydrogen-bond acceptors (Lipinski definition) is 0. The average Bonchev–Trinajstić information content (AvgIpc) is 1.48. The third-order valence-corrected chi connectivity index (χ3v) is 21.2. The van der Waals surface area contributed by atoms with Crippen molar-refractivity contribution in [3.05, 3.63) is 251 Å². The lowest BCUT2D eigenvalue weighted by molar-refractivity contribution is 1.17. The molecule has 0 unspecified atom stereocenters. The van der Waals surface area contributed by atoms with Gasteiger partial charge < -0.3 is 18.1 Å². The highest BCUT2D eigenvalue weighted by molar-refractivity contribution is 6.92. The number of para-hydroxylation sites is 4. The minimum absolute atomic E-state index is 0.0984. The largest absolute Gasteiger partial charge is 0.374 e. The Hall–Kier alpha value is -10.3. The molecule has 0 spiro atoms. The standard InChI is InChI=1S/C82H58B2N4/c1-43-27-31-53(47(5)35-43)51-39-65(55-33-29-45(3)37-49(55)7)73-61-19-11-23-67-79(61)85(71(73)41-51)69-25-13-15-57-59-17-9-21-63-77(59)87(83(67)75(57)69)81-64-22-10-18-60-58-16-14-26-70-76(58)84(88(78(60)64)82(63)81)68-24-12-20-62-74-66(56-34-30-46(4)38-50(56)8)40-52(42-72(74)86(70)80(62)68)54-32-28-44(2)36-48(54)6/h9-42H,1-8H3. The molecule has 0 bridgehead atoms. The van der Waals surface area contributed by atoms with E-state index in [2.05, 4.69) is 280 Å². The molecule has 4 aliphatic rings. The van der Waals surface area contributed by atoms with Crippen LogP contribution in [0.15, 0.2) is 206 Å². The molecule has 0 amide bonds. The number of rotatable bonds is 4. The molecule has 4 aromatic heterocycles. The third kappa shape index (κ3) is 5.99. The zero-order valence-corrected chi connectivity index (χ0v) is 50.6. The molecule has 0 N–H and O–H groups in total. The molecule has 0 fully saturated rings. The SMILES string of the molecule is Cc1ccc(-c2cc(-c3ccc(C)cc3C)c3c4cccc5c4n(c3c2)-c2cccc3c2B5n2c4c-3cccc4c3c2c2cccc4c2n3B2c3c-4cccc3-n3c4cc(-c5ccc(C)cc5C)cc(-c5ccc(C)cc5C)c4c4cccc2c43)c(C)c1. The van der Waals surface area contributed by atoms with Gasteiger partial charge in [0.1, 0.15) is 0 Å². The summed E-state index contributed by atoms with van der Waals surface area (Å²) in [5.74, 6) is 0. The van der Waals surface area contributed by atoms with Crippen LogP contribution in [0.2, 0.25) is 0 Å². The second-order valence-corrected chi connectivity index (χ2v) is 26.4. The zero-order chi connectivity index (χ0) is 58.6. The number of hydrogen-bond donors (Lipinski definition) is 0. The molecule has 4 aliphatic heterocycles. The second-order valence-electron chi connectivity index (χ2n) is 26.4. The summed E-state index contributed by atoms with van der Waals surface area (Å²) in [5.41, 5.74) is 43.9. The smallest absolute Gasteiger partial charge is 0.333 e. The minimum atomic E-state index is -0.0984. The second kappa shape index (κ2) is 16.8. The van der Waals surface area contributed by atoms with Crippen LogP contribution in [0.1, 0.15) is 44.5 Å². The molecule has 4 nitrogen and oxygen atoms in total. The molecule has 0 atom stereocenters.